The van der Waals surface area contributed by atoms with E-state index in [0.29, 0.717) is 13.0 Å². The van der Waals surface area contributed by atoms with Gasteiger partial charge in [0.25, 0.3) is 0 Å². The molecule has 2 amide bonds. The average molecular weight is 244 g/mol. The van der Waals surface area contributed by atoms with Gasteiger partial charge in [-0.05, 0) is 25.0 Å². The number of carbonyl (C=O) groups excluding carboxylic acids is 2. The predicted molar refractivity (Wildman–Crippen MR) is 68.1 cm³/mol. The second-order valence-electron chi connectivity index (χ2n) is 4.82. The summed E-state index contributed by atoms with van der Waals surface area (Å²) in [5.74, 6) is 0.189. The summed E-state index contributed by atoms with van der Waals surface area (Å²) in [6.45, 7) is 1.23. The molecule has 1 aromatic rings. The molecule has 2 heterocycles. The van der Waals surface area contributed by atoms with Crippen molar-refractivity contribution in [2.45, 2.75) is 25.3 Å². The minimum atomic E-state index is -0.236. The summed E-state index contributed by atoms with van der Waals surface area (Å²) in [6, 6.07) is 9.38. The highest BCUT2D eigenvalue weighted by Crippen LogP contribution is 2.26. The maximum Gasteiger partial charge on any atom is 0.249 e. The maximum atomic E-state index is 12.5. The van der Waals surface area contributed by atoms with Crippen molar-refractivity contribution in [2.75, 3.05) is 18.0 Å². The number of para-hydroxylation sites is 1. The molecule has 0 radical (unpaired) electrons. The molecule has 1 atom stereocenters. The van der Waals surface area contributed by atoms with Crippen LogP contribution in [0, 0.1) is 0 Å². The summed E-state index contributed by atoms with van der Waals surface area (Å²) in [6.07, 6.45) is 2.16. The summed E-state index contributed by atoms with van der Waals surface area (Å²) in [4.78, 5) is 28.0. The normalized spacial score (nSPS) is 24.1. The minimum absolute atomic E-state index is 0.0737. The van der Waals surface area contributed by atoms with Gasteiger partial charge in [0.2, 0.25) is 11.8 Å². The first-order valence-corrected chi connectivity index (χ1v) is 6.43. The molecule has 1 unspecified atom stereocenters. The van der Waals surface area contributed by atoms with Crippen molar-refractivity contribution in [1.29, 1.82) is 0 Å². The Morgan fingerprint density at radius 3 is 2.61 bits per heavy atom. The molecular formula is C14H16N2O2. The fourth-order valence-electron chi connectivity index (χ4n) is 2.83. The molecule has 0 bridgehead atoms. The summed E-state index contributed by atoms with van der Waals surface area (Å²) in [7, 11) is 0. The molecule has 2 aliphatic heterocycles. The van der Waals surface area contributed by atoms with Crippen LogP contribution in [-0.2, 0) is 9.59 Å². The number of rotatable bonds is 1. The van der Waals surface area contributed by atoms with Crippen LogP contribution in [-0.4, -0.2) is 35.8 Å². The number of fused-ring (bicyclic) bond motifs is 1. The van der Waals surface area contributed by atoms with E-state index in [1.807, 2.05) is 30.3 Å². The van der Waals surface area contributed by atoms with E-state index in [2.05, 4.69) is 0 Å². The molecule has 1 aromatic carbocycles. The zero-order chi connectivity index (χ0) is 12.5. The Morgan fingerprint density at radius 2 is 1.83 bits per heavy atom. The van der Waals surface area contributed by atoms with Crippen LogP contribution < -0.4 is 4.90 Å². The second kappa shape index (κ2) is 4.44. The quantitative estimate of drug-likeness (QED) is 0.749. The van der Waals surface area contributed by atoms with Crippen LogP contribution >= 0.6 is 0 Å². The molecule has 2 fully saturated rings. The standard InChI is InChI=1S/C14H16N2O2/c17-13-8-10-15(11-5-2-1-3-6-11)14(18)12-7-4-9-16(12)13/h1-3,5-6,12H,4,7-10H2. The van der Waals surface area contributed by atoms with E-state index < -0.39 is 0 Å². The van der Waals surface area contributed by atoms with Crippen LogP contribution in [0.15, 0.2) is 30.3 Å². The maximum absolute atomic E-state index is 12.5. The summed E-state index contributed by atoms with van der Waals surface area (Å²) < 4.78 is 0. The van der Waals surface area contributed by atoms with Gasteiger partial charge in [-0.2, -0.15) is 0 Å². The van der Waals surface area contributed by atoms with Crippen LogP contribution in [0.2, 0.25) is 0 Å². The summed E-state index contributed by atoms with van der Waals surface area (Å²) in [5, 5.41) is 0. The monoisotopic (exact) mass is 244 g/mol. The largest absolute Gasteiger partial charge is 0.331 e. The minimum Gasteiger partial charge on any atom is -0.331 e. The van der Waals surface area contributed by atoms with Crippen molar-refractivity contribution >= 4 is 17.5 Å². The number of amides is 2. The van der Waals surface area contributed by atoms with Crippen LogP contribution in [0.5, 0.6) is 0 Å². The number of nitrogens with zero attached hydrogens (tertiary/aromatic N) is 2. The van der Waals surface area contributed by atoms with Gasteiger partial charge in [-0.25, -0.2) is 0 Å². The van der Waals surface area contributed by atoms with E-state index in [1.54, 1.807) is 9.80 Å². The average Bonchev–Trinajstić information content (AvgIpc) is 2.85. The van der Waals surface area contributed by atoms with Crippen molar-refractivity contribution in [3.63, 3.8) is 0 Å². The molecule has 0 spiro atoms. The predicted octanol–water partition coefficient (Wildman–Crippen LogP) is 1.41. The third-order valence-corrected chi connectivity index (χ3v) is 3.74. The van der Waals surface area contributed by atoms with Gasteiger partial charge >= 0.3 is 0 Å². The lowest BCUT2D eigenvalue weighted by molar-refractivity contribution is -0.135. The highest BCUT2D eigenvalue weighted by atomic mass is 16.2. The Kier molecular flexibility index (Phi) is 2.78. The van der Waals surface area contributed by atoms with Crippen LogP contribution in [0.3, 0.4) is 0 Å². The van der Waals surface area contributed by atoms with Crippen LogP contribution in [0.4, 0.5) is 5.69 Å². The highest BCUT2D eigenvalue weighted by Gasteiger charge is 2.39. The topological polar surface area (TPSA) is 40.6 Å². The Balaban J connectivity index is 1.92. The van der Waals surface area contributed by atoms with E-state index in [4.69, 9.17) is 0 Å². The highest BCUT2D eigenvalue weighted by molar-refractivity contribution is 6.01. The first kappa shape index (κ1) is 11.3. The number of hydrogen-bond acceptors (Lipinski definition) is 2. The smallest absolute Gasteiger partial charge is 0.249 e. The fourth-order valence-corrected chi connectivity index (χ4v) is 2.83. The molecule has 0 aliphatic carbocycles. The lowest BCUT2D eigenvalue weighted by atomic mass is 10.2. The van der Waals surface area contributed by atoms with Gasteiger partial charge in [-0.3, -0.25) is 9.59 Å². The van der Waals surface area contributed by atoms with Gasteiger partial charge in [0.1, 0.15) is 6.04 Å². The second-order valence-corrected chi connectivity index (χ2v) is 4.82. The first-order chi connectivity index (χ1) is 8.77. The SMILES string of the molecule is O=C1C2CCCN2C(=O)CCN1c1ccccc1. The van der Waals surface area contributed by atoms with Crippen molar-refractivity contribution in [2.24, 2.45) is 0 Å². The summed E-state index contributed by atoms with van der Waals surface area (Å²) in [5.41, 5.74) is 0.893. The molecule has 2 aliphatic rings. The van der Waals surface area contributed by atoms with Gasteiger partial charge in [0, 0.05) is 25.2 Å². The van der Waals surface area contributed by atoms with E-state index in [9.17, 15) is 9.59 Å². The third-order valence-electron chi connectivity index (χ3n) is 3.74. The number of carbonyl (C=O) groups is 2. The Bertz CT molecular complexity index is 472. The molecule has 3 rings (SSSR count). The number of benzene rings is 1. The Morgan fingerprint density at radius 1 is 1.06 bits per heavy atom. The number of hydrogen-bond donors (Lipinski definition) is 0. The van der Waals surface area contributed by atoms with E-state index in [-0.39, 0.29) is 17.9 Å². The molecule has 4 nitrogen and oxygen atoms in total. The molecule has 2 saturated heterocycles. The van der Waals surface area contributed by atoms with E-state index in [0.717, 1.165) is 25.1 Å². The van der Waals surface area contributed by atoms with Gasteiger partial charge in [-0.15, -0.1) is 0 Å². The first-order valence-electron chi connectivity index (χ1n) is 6.43. The third kappa shape index (κ3) is 1.78. The summed E-state index contributed by atoms with van der Waals surface area (Å²) >= 11 is 0. The van der Waals surface area contributed by atoms with Gasteiger partial charge in [-0.1, -0.05) is 18.2 Å². The molecule has 0 N–H and O–H groups in total. The molecule has 4 heteroatoms. The van der Waals surface area contributed by atoms with Gasteiger partial charge in [0.05, 0.1) is 0 Å². The lowest BCUT2D eigenvalue weighted by Crippen LogP contribution is -2.43. The van der Waals surface area contributed by atoms with Crippen LogP contribution in [0.1, 0.15) is 19.3 Å². The Hall–Kier alpha value is -1.84. The van der Waals surface area contributed by atoms with Crippen molar-refractivity contribution in [1.82, 2.24) is 4.90 Å². The van der Waals surface area contributed by atoms with Crippen LogP contribution in [0.25, 0.3) is 0 Å². The zero-order valence-corrected chi connectivity index (χ0v) is 10.2. The molecule has 18 heavy (non-hydrogen) atoms. The molecule has 0 aromatic heterocycles. The molecule has 0 saturated carbocycles. The van der Waals surface area contributed by atoms with Crippen molar-refractivity contribution in [3.8, 4) is 0 Å². The fraction of sp³-hybridized carbons (Fsp3) is 0.429. The molecule has 94 valence electrons. The van der Waals surface area contributed by atoms with Gasteiger partial charge in [0.15, 0.2) is 0 Å². The van der Waals surface area contributed by atoms with E-state index in [1.165, 1.54) is 0 Å². The van der Waals surface area contributed by atoms with E-state index >= 15 is 0 Å². The number of anilines is 1. The van der Waals surface area contributed by atoms with Gasteiger partial charge < -0.3 is 9.80 Å². The molecular weight excluding hydrogens is 228 g/mol. The van der Waals surface area contributed by atoms with Crippen molar-refractivity contribution in [3.05, 3.63) is 30.3 Å². The zero-order valence-electron chi connectivity index (χ0n) is 10.2. The Labute approximate surface area is 106 Å². The lowest BCUT2D eigenvalue weighted by Gasteiger charge is -2.25. The van der Waals surface area contributed by atoms with Crippen molar-refractivity contribution < 1.29 is 9.59 Å².